The van der Waals surface area contributed by atoms with Crippen LogP contribution in [0.1, 0.15) is 80.8 Å². The molecular weight excluding hydrogens is 515 g/mol. The van der Waals surface area contributed by atoms with E-state index in [4.69, 9.17) is 9.47 Å². The van der Waals surface area contributed by atoms with Crippen LogP contribution in [0.4, 0.5) is 0 Å². The van der Waals surface area contributed by atoms with Gasteiger partial charge in [0, 0.05) is 0 Å². The molecule has 0 aromatic heterocycles. The molecule has 0 saturated heterocycles. The second-order valence-corrected chi connectivity index (χ2v) is 22.1. The fourth-order valence-corrected chi connectivity index (χ4v) is 21.5. The zero-order chi connectivity index (χ0) is 24.1. The number of carbonyl (C=O) groups excluding carboxylic acids is 1. The molecule has 0 amide bonds. The zero-order valence-electron chi connectivity index (χ0n) is 21.3. The van der Waals surface area contributed by atoms with Gasteiger partial charge in [0.25, 0.3) is 0 Å². The van der Waals surface area contributed by atoms with Crippen LogP contribution < -0.4 is 4.74 Å². The summed E-state index contributed by atoms with van der Waals surface area (Å²) in [6.45, 7) is 6.94. The van der Waals surface area contributed by atoms with Crippen molar-refractivity contribution >= 4 is 34.0 Å². The van der Waals surface area contributed by atoms with E-state index in [0.29, 0.717) is 5.56 Å². The molecule has 180 valence electrons. The Kier molecular flexibility index (Phi) is 12.1. The van der Waals surface area contributed by atoms with Gasteiger partial charge in [0.1, 0.15) is 0 Å². The Labute approximate surface area is 205 Å². The molecule has 0 heterocycles. The molecule has 2 aromatic rings. The third-order valence-corrected chi connectivity index (χ3v) is 22.3. The molecule has 0 bridgehead atoms. The fraction of sp³-hybridized carbons (Fsp3) is 0.483. The summed E-state index contributed by atoms with van der Waals surface area (Å²) in [4.78, 5) is 11.9. The van der Waals surface area contributed by atoms with Crippen molar-refractivity contribution in [2.75, 3.05) is 14.2 Å². The Hall–Kier alpha value is -1.75. The van der Waals surface area contributed by atoms with Crippen LogP contribution in [0.2, 0.25) is 13.3 Å². The van der Waals surface area contributed by atoms with Crippen molar-refractivity contribution in [2.24, 2.45) is 0 Å². The molecule has 0 unspecified atom stereocenters. The van der Waals surface area contributed by atoms with Gasteiger partial charge in [-0.2, -0.15) is 0 Å². The first kappa shape index (κ1) is 27.5. The molecule has 4 heteroatoms. The van der Waals surface area contributed by atoms with Gasteiger partial charge in [-0.15, -0.1) is 0 Å². The van der Waals surface area contributed by atoms with E-state index in [1.165, 1.54) is 64.5 Å². The van der Waals surface area contributed by atoms with E-state index in [0.717, 1.165) is 11.3 Å². The van der Waals surface area contributed by atoms with E-state index in [1.54, 1.807) is 10.7 Å². The molecular formula is C29H42O3Sn. The van der Waals surface area contributed by atoms with Crippen molar-refractivity contribution in [3.63, 3.8) is 0 Å². The number of methoxy groups -OCH3 is 2. The van der Waals surface area contributed by atoms with Crippen LogP contribution in [0, 0.1) is 0 Å². The van der Waals surface area contributed by atoms with E-state index in [-0.39, 0.29) is 5.97 Å². The van der Waals surface area contributed by atoms with Crippen LogP contribution in [0.5, 0.6) is 5.75 Å². The van der Waals surface area contributed by atoms with Crippen molar-refractivity contribution in [2.45, 2.75) is 72.6 Å². The van der Waals surface area contributed by atoms with Crippen molar-refractivity contribution in [3.05, 3.63) is 65.2 Å². The molecule has 33 heavy (non-hydrogen) atoms. The van der Waals surface area contributed by atoms with E-state index in [1.807, 2.05) is 12.1 Å². The number of hydrogen-bond donors (Lipinski definition) is 0. The monoisotopic (exact) mass is 558 g/mol. The second-order valence-electron chi connectivity index (χ2n) is 8.96. The molecule has 0 saturated carbocycles. The third-order valence-electron chi connectivity index (χ3n) is 6.64. The summed E-state index contributed by atoms with van der Waals surface area (Å²) in [5.74, 6) is 0.679. The number of carbonyl (C=O) groups is 1. The Morgan fingerprint density at radius 2 is 1.36 bits per heavy atom. The van der Waals surface area contributed by atoms with Crippen LogP contribution in [-0.4, -0.2) is 38.6 Å². The minimum absolute atomic E-state index is 0.294. The predicted octanol–water partition coefficient (Wildman–Crippen LogP) is 8.41. The maximum atomic E-state index is 11.9. The van der Waals surface area contributed by atoms with Crippen LogP contribution in [0.15, 0.2) is 48.5 Å². The van der Waals surface area contributed by atoms with E-state index in [9.17, 15) is 4.79 Å². The average Bonchev–Trinajstić information content (AvgIpc) is 2.87. The van der Waals surface area contributed by atoms with Crippen LogP contribution >= 0.6 is 0 Å². The molecule has 3 nitrogen and oxygen atoms in total. The predicted molar refractivity (Wildman–Crippen MR) is 144 cm³/mol. The van der Waals surface area contributed by atoms with E-state index >= 15 is 0 Å². The molecule has 2 rings (SSSR count). The minimum atomic E-state index is -2.79. The standard InChI is InChI=1S/C17H15O3.3C4H9.Sn/c1-19-16-6-4-3-5-14(16)10-7-13-8-11-15(12-9-13)17(18)20-2;3*1-3-4-2;/h3-9,11-12H,1-2H3;3*1,3-4H2,2H3;. The number of unbranched alkanes of at least 4 members (excludes halogenated alkanes) is 3. The number of benzene rings is 2. The summed E-state index contributed by atoms with van der Waals surface area (Å²) in [5, 5.41) is 0. The first-order valence-corrected chi connectivity index (χ1v) is 20.1. The summed E-state index contributed by atoms with van der Waals surface area (Å²) in [7, 11) is 3.21. The molecule has 0 radical (unpaired) electrons. The van der Waals surface area contributed by atoms with E-state index < -0.39 is 18.4 Å². The quantitative estimate of drug-likeness (QED) is 0.133. The van der Waals surface area contributed by atoms with Crippen LogP contribution in [0.25, 0.3) is 9.67 Å². The van der Waals surface area contributed by atoms with Crippen molar-refractivity contribution < 1.29 is 14.3 Å². The van der Waals surface area contributed by atoms with Crippen LogP contribution in [0.3, 0.4) is 0 Å². The maximum absolute atomic E-state index is 11.9. The van der Waals surface area contributed by atoms with Gasteiger partial charge in [0.2, 0.25) is 0 Å². The molecule has 0 fully saturated rings. The topological polar surface area (TPSA) is 35.5 Å². The summed E-state index contributed by atoms with van der Waals surface area (Å²) in [6, 6.07) is 16.4. The molecule has 0 spiro atoms. The van der Waals surface area contributed by atoms with Gasteiger partial charge in [-0.05, 0) is 0 Å². The molecule has 0 aliphatic carbocycles. The second kappa shape index (κ2) is 14.5. The van der Waals surface area contributed by atoms with Crippen molar-refractivity contribution in [3.8, 4) is 5.75 Å². The first-order chi connectivity index (χ1) is 16.0. The Morgan fingerprint density at radius 3 is 1.85 bits per heavy atom. The molecule has 0 aliphatic rings. The van der Waals surface area contributed by atoms with Gasteiger partial charge in [0.15, 0.2) is 0 Å². The van der Waals surface area contributed by atoms with Gasteiger partial charge in [-0.3, -0.25) is 0 Å². The molecule has 0 aliphatic heterocycles. The molecule has 0 N–H and O–H groups in total. The van der Waals surface area contributed by atoms with Gasteiger partial charge >= 0.3 is 206 Å². The summed E-state index contributed by atoms with van der Waals surface area (Å²) >= 11 is -2.79. The van der Waals surface area contributed by atoms with E-state index in [2.05, 4.69) is 63.2 Å². The summed E-state index contributed by atoms with van der Waals surface area (Å²) in [6.07, 6.45) is 10.1. The van der Waals surface area contributed by atoms with Gasteiger partial charge in [-0.1, -0.05) is 0 Å². The Balaban J connectivity index is 2.70. The first-order valence-electron chi connectivity index (χ1n) is 12.6. The van der Waals surface area contributed by atoms with Gasteiger partial charge < -0.3 is 0 Å². The van der Waals surface area contributed by atoms with Gasteiger partial charge in [-0.25, -0.2) is 0 Å². The Bertz CT molecular complexity index is 864. The molecule has 2 aromatic carbocycles. The molecule has 0 atom stereocenters. The number of hydrogen-bond acceptors (Lipinski definition) is 3. The normalized spacial score (nSPS) is 12.0. The third kappa shape index (κ3) is 7.63. The summed E-state index contributed by atoms with van der Waals surface area (Å²) < 4.78 is 16.5. The van der Waals surface area contributed by atoms with Gasteiger partial charge in [0.05, 0.1) is 0 Å². The number of rotatable bonds is 14. The van der Waals surface area contributed by atoms with Crippen LogP contribution in [-0.2, 0) is 4.74 Å². The van der Waals surface area contributed by atoms with Crippen molar-refractivity contribution in [1.82, 2.24) is 0 Å². The number of esters is 1. The SMILES string of the molecule is CCC[CH2][Sn]([CH2]CCC)([CH2]CCC)/[C](=C\c1ccc(C(=O)OC)cc1)c1ccccc1OC. The zero-order valence-corrected chi connectivity index (χ0v) is 24.1. The number of para-hydroxylation sites is 1. The average molecular weight is 557 g/mol. The Morgan fingerprint density at radius 1 is 0.818 bits per heavy atom. The summed E-state index contributed by atoms with van der Waals surface area (Å²) in [5.41, 5.74) is 3.01. The fourth-order valence-electron chi connectivity index (χ4n) is 4.71. The van der Waals surface area contributed by atoms with Crippen molar-refractivity contribution in [1.29, 1.82) is 0 Å². The number of ether oxygens (including phenoxy) is 2.